The van der Waals surface area contributed by atoms with Crippen molar-refractivity contribution >= 4 is 5.97 Å². The van der Waals surface area contributed by atoms with Gasteiger partial charge in [-0.2, -0.15) is 0 Å². The molecular weight excluding hydrogens is 132 g/mol. The Bertz CT molecular complexity index is 144. The molecule has 1 aliphatic rings. The highest BCUT2D eigenvalue weighted by Crippen LogP contribution is 2.24. The number of ether oxygens (including phenoxy) is 1. The number of rotatable bonds is 1. The van der Waals surface area contributed by atoms with E-state index in [4.69, 9.17) is 9.84 Å². The summed E-state index contributed by atoms with van der Waals surface area (Å²) in [5, 5.41) is 8.79. The van der Waals surface area contributed by atoms with E-state index in [9.17, 15) is 4.79 Å². The van der Waals surface area contributed by atoms with E-state index in [1.165, 1.54) is 0 Å². The zero-order valence-corrected chi connectivity index (χ0v) is 6.09. The Morgan fingerprint density at radius 2 is 2.50 bits per heavy atom. The van der Waals surface area contributed by atoms with Gasteiger partial charge in [-0.3, -0.25) is 4.79 Å². The summed E-state index contributed by atoms with van der Waals surface area (Å²) in [6.07, 6.45) is 2.10. The quantitative estimate of drug-likeness (QED) is 0.544. The molecule has 1 aliphatic heterocycles. The lowest BCUT2D eigenvalue weighted by atomic mass is 9.97. The maximum absolute atomic E-state index is 10.7. The second kappa shape index (κ2) is 2.58. The van der Waals surface area contributed by atoms with Gasteiger partial charge in [0.05, 0.1) is 6.61 Å². The van der Waals surface area contributed by atoms with Crippen molar-refractivity contribution in [2.24, 2.45) is 0 Å². The van der Waals surface area contributed by atoms with Gasteiger partial charge >= 0.3 is 5.97 Å². The summed E-state index contributed by atoms with van der Waals surface area (Å²) < 4.78 is 4.93. The van der Waals surface area contributed by atoms with Crippen molar-refractivity contribution in [3.63, 3.8) is 0 Å². The fourth-order valence-electron chi connectivity index (χ4n) is 1.09. The van der Waals surface area contributed by atoms with Crippen molar-refractivity contribution in [2.75, 3.05) is 6.61 Å². The monoisotopic (exact) mass is 144 g/mol. The van der Waals surface area contributed by atoms with E-state index < -0.39 is 5.60 Å². The maximum Gasteiger partial charge on any atom is 0.306 e. The molecule has 0 saturated carbocycles. The lowest BCUT2D eigenvalue weighted by Crippen LogP contribution is -2.38. The Labute approximate surface area is 60.0 Å². The number of carbonyl (C=O) groups excluding carboxylic acids is 1. The molecule has 0 radical (unpaired) electrons. The molecule has 0 spiro atoms. The van der Waals surface area contributed by atoms with E-state index >= 15 is 0 Å². The van der Waals surface area contributed by atoms with Gasteiger partial charge in [-0.1, -0.05) is 0 Å². The molecule has 1 heterocycles. The Balaban J connectivity index is 2.53. The van der Waals surface area contributed by atoms with Crippen molar-refractivity contribution in [3.05, 3.63) is 0 Å². The predicted octanol–water partition coefficient (Wildman–Crippen LogP) is 0.464. The first-order valence-electron chi connectivity index (χ1n) is 3.49. The summed E-state index contributed by atoms with van der Waals surface area (Å²) in [7, 11) is 0. The highest BCUT2D eigenvalue weighted by molar-refractivity contribution is 5.70. The molecule has 0 amide bonds. The third kappa shape index (κ3) is 1.48. The third-order valence-electron chi connectivity index (χ3n) is 1.78. The molecule has 0 bridgehead atoms. The summed E-state index contributed by atoms with van der Waals surface area (Å²) in [5.41, 5.74) is -0.602. The van der Waals surface area contributed by atoms with Crippen molar-refractivity contribution in [3.8, 4) is 0 Å². The van der Waals surface area contributed by atoms with Crippen molar-refractivity contribution in [1.29, 1.82) is 0 Å². The number of aliphatic hydroxyl groups excluding tert-OH is 1. The minimum Gasteiger partial charge on any atom is -0.457 e. The van der Waals surface area contributed by atoms with E-state index in [1.807, 2.05) is 0 Å². The molecule has 0 aromatic heterocycles. The van der Waals surface area contributed by atoms with Crippen molar-refractivity contribution in [1.82, 2.24) is 0 Å². The van der Waals surface area contributed by atoms with Gasteiger partial charge in [-0.25, -0.2) is 0 Å². The Kier molecular flexibility index (Phi) is 1.94. The SMILES string of the molecule is CC1(CO)CCCC(=O)O1. The molecule has 1 N–H and O–H groups in total. The zero-order valence-electron chi connectivity index (χ0n) is 6.09. The number of cyclic esters (lactones) is 1. The number of aliphatic hydroxyl groups is 1. The van der Waals surface area contributed by atoms with E-state index in [-0.39, 0.29) is 12.6 Å². The van der Waals surface area contributed by atoms with Crippen LogP contribution in [0.5, 0.6) is 0 Å². The zero-order chi connectivity index (χ0) is 7.61. The minimum atomic E-state index is -0.602. The van der Waals surface area contributed by atoms with Crippen LogP contribution in [-0.4, -0.2) is 23.3 Å². The standard InChI is InChI=1S/C7H12O3/c1-7(5-8)4-2-3-6(9)10-7/h8H,2-5H2,1H3. The van der Waals surface area contributed by atoms with E-state index in [2.05, 4.69) is 0 Å². The lowest BCUT2D eigenvalue weighted by molar-refractivity contribution is -0.169. The number of hydrogen-bond donors (Lipinski definition) is 1. The van der Waals surface area contributed by atoms with Gasteiger partial charge in [-0.15, -0.1) is 0 Å². The summed E-state index contributed by atoms with van der Waals surface area (Å²) in [5.74, 6) is -0.192. The summed E-state index contributed by atoms with van der Waals surface area (Å²) in [4.78, 5) is 10.7. The fraction of sp³-hybridized carbons (Fsp3) is 0.857. The molecule has 1 unspecified atom stereocenters. The fourth-order valence-corrected chi connectivity index (χ4v) is 1.09. The summed E-state index contributed by atoms with van der Waals surface area (Å²) in [6, 6.07) is 0. The molecule has 3 heteroatoms. The molecule has 1 fully saturated rings. The average Bonchev–Trinajstić information content (AvgIpc) is 1.88. The molecule has 1 atom stereocenters. The molecule has 0 aliphatic carbocycles. The molecule has 0 aromatic rings. The van der Waals surface area contributed by atoms with Crippen LogP contribution in [0.4, 0.5) is 0 Å². The van der Waals surface area contributed by atoms with E-state index in [0.29, 0.717) is 6.42 Å². The van der Waals surface area contributed by atoms with Gasteiger partial charge in [0, 0.05) is 6.42 Å². The first kappa shape index (κ1) is 7.54. The van der Waals surface area contributed by atoms with Gasteiger partial charge in [0.25, 0.3) is 0 Å². The second-order valence-electron chi connectivity index (χ2n) is 2.94. The van der Waals surface area contributed by atoms with Crippen LogP contribution in [0.3, 0.4) is 0 Å². The van der Waals surface area contributed by atoms with Crippen LogP contribution in [0.2, 0.25) is 0 Å². The topological polar surface area (TPSA) is 46.5 Å². The smallest absolute Gasteiger partial charge is 0.306 e. The molecule has 1 saturated heterocycles. The number of hydrogen-bond acceptors (Lipinski definition) is 3. The summed E-state index contributed by atoms with van der Waals surface area (Å²) in [6.45, 7) is 1.68. The molecular formula is C7H12O3. The van der Waals surface area contributed by atoms with Gasteiger partial charge in [0.15, 0.2) is 0 Å². The highest BCUT2D eigenvalue weighted by atomic mass is 16.6. The minimum absolute atomic E-state index is 0.0707. The molecule has 1 rings (SSSR count). The van der Waals surface area contributed by atoms with Gasteiger partial charge in [-0.05, 0) is 19.8 Å². The largest absolute Gasteiger partial charge is 0.457 e. The molecule has 3 nitrogen and oxygen atoms in total. The average molecular weight is 144 g/mol. The first-order valence-corrected chi connectivity index (χ1v) is 3.49. The Hall–Kier alpha value is -0.570. The Morgan fingerprint density at radius 3 is 2.90 bits per heavy atom. The second-order valence-corrected chi connectivity index (χ2v) is 2.94. The van der Waals surface area contributed by atoms with Gasteiger partial charge in [0.2, 0.25) is 0 Å². The van der Waals surface area contributed by atoms with Crippen molar-refractivity contribution in [2.45, 2.75) is 31.8 Å². The van der Waals surface area contributed by atoms with Crippen LogP contribution in [0.1, 0.15) is 26.2 Å². The number of carbonyl (C=O) groups is 1. The lowest BCUT2D eigenvalue weighted by Gasteiger charge is -2.31. The van der Waals surface area contributed by atoms with Crippen LogP contribution in [0.15, 0.2) is 0 Å². The van der Waals surface area contributed by atoms with E-state index in [1.54, 1.807) is 6.92 Å². The highest BCUT2D eigenvalue weighted by Gasteiger charge is 2.31. The third-order valence-corrected chi connectivity index (χ3v) is 1.78. The molecule has 0 aromatic carbocycles. The summed E-state index contributed by atoms with van der Waals surface area (Å²) >= 11 is 0. The molecule has 10 heavy (non-hydrogen) atoms. The predicted molar refractivity (Wildman–Crippen MR) is 35.4 cm³/mol. The van der Waals surface area contributed by atoms with Gasteiger partial charge < -0.3 is 9.84 Å². The number of esters is 1. The van der Waals surface area contributed by atoms with Crippen LogP contribution in [0, 0.1) is 0 Å². The van der Waals surface area contributed by atoms with E-state index in [0.717, 1.165) is 12.8 Å². The Morgan fingerprint density at radius 1 is 1.80 bits per heavy atom. The molecule has 58 valence electrons. The van der Waals surface area contributed by atoms with Crippen LogP contribution >= 0.6 is 0 Å². The van der Waals surface area contributed by atoms with Crippen LogP contribution < -0.4 is 0 Å². The van der Waals surface area contributed by atoms with Crippen LogP contribution in [0.25, 0.3) is 0 Å². The normalized spacial score (nSPS) is 33.6. The first-order chi connectivity index (χ1) is 4.66. The maximum atomic E-state index is 10.7. The van der Waals surface area contributed by atoms with Crippen molar-refractivity contribution < 1.29 is 14.6 Å². The van der Waals surface area contributed by atoms with Crippen LogP contribution in [-0.2, 0) is 9.53 Å². The van der Waals surface area contributed by atoms with Gasteiger partial charge in [0.1, 0.15) is 5.60 Å².